The zero-order valence-electron chi connectivity index (χ0n) is 11.6. The predicted molar refractivity (Wildman–Crippen MR) is 79.5 cm³/mol. The molecule has 0 fully saturated rings. The Labute approximate surface area is 121 Å². The van der Waals surface area contributed by atoms with Gasteiger partial charge in [0, 0.05) is 23.2 Å². The Kier molecular flexibility index (Phi) is 4.95. The predicted octanol–water partition coefficient (Wildman–Crippen LogP) is 3.39. The van der Waals surface area contributed by atoms with Gasteiger partial charge in [-0.25, -0.2) is 9.37 Å². The fourth-order valence-electron chi connectivity index (χ4n) is 1.96. The van der Waals surface area contributed by atoms with E-state index in [-0.39, 0.29) is 11.4 Å². The quantitative estimate of drug-likeness (QED) is 0.792. The molecule has 0 aliphatic heterocycles. The molecule has 1 aromatic heterocycles. The fourth-order valence-corrected chi connectivity index (χ4v) is 2.84. The van der Waals surface area contributed by atoms with Crippen molar-refractivity contribution < 1.29 is 4.39 Å². The first-order valence-corrected chi connectivity index (χ1v) is 7.54. The van der Waals surface area contributed by atoms with E-state index in [2.05, 4.69) is 4.98 Å². The molecule has 0 N–H and O–H groups in total. The highest BCUT2D eigenvalue weighted by molar-refractivity contribution is 7.98. The maximum absolute atomic E-state index is 13.1. The Hall–Kier alpha value is -1.62. The largest absolute Gasteiger partial charge is 0.296 e. The van der Waals surface area contributed by atoms with Crippen LogP contribution in [-0.2, 0) is 12.3 Å². The molecule has 1 heterocycles. The van der Waals surface area contributed by atoms with E-state index < -0.39 is 0 Å². The molecule has 0 amide bonds. The molecule has 0 bridgehead atoms. The first-order valence-electron chi connectivity index (χ1n) is 6.56. The Balaban J connectivity index is 2.22. The maximum Gasteiger partial charge on any atom is 0.253 e. The second-order valence-electron chi connectivity index (χ2n) is 4.55. The minimum Gasteiger partial charge on any atom is -0.296 e. The third kappa shape index (κ3) is 3.70. The van der Waals surface area contributed by atoms with E-state index in [0.29, 0.717) is 12.3 Å². The van der Waals surface area contributed by atoms with Gasteiger partial charge in [0.1, 0.15) is 11.6 Å². The molecule has 0 atom stereocenters. The molecule has 20 heavy (non-hydrogen) atoms. The molecule has 0 aliphatic rings. The molecular formula is C15H17FN2OS. The van der Waals surface area contributed by atoms with E-state index in [1.165, 1.54) is 23.9 Å². The van der Waals surface area contributed by atoms with Gasteiger partial charge in [-0.1, -0.05) is 13.0 Å². The lowest BCUT2D eigenvalue weighted by molar-refractivity contribution is 0.611. The van der Waals surface area contributed by atoms with Crippen LogP contribution in [0.1, 0.15) is 24.9 Å². The summed E-state index contributed by atoms with van der Waals surface area (Å²) in [6.07, 6.45) is 0.877. The highest BCUT2D eigenvalue weighted by atomic mass is 32.2. The van der Waals surface area contributed by atoms with Crippen LogP contribution in [-0.4, -0.2) is 9.55 Å². The van der Waals surface area contributed by atoms with E-state index in [9.17, 15) is 9.18 Å². The minimum absolute atomic E-state index is 0.0193. The van der Waals surface area contributed by atoms with Gasteiger partial charge in [-0.3, -0.25) is 9.36 Å². The number of halogens is 1. The van der Waals surface area contributed by atoms with Crippen LogP contribution in [0, 0.1) is 12.7 Å². The summed E-state index contributed by atoms with van der Waals surface area (Å²) < 4.78 is 14.8. The Morgan fingerprint density at radius 3 is 2.85 bits per heavy atom. The van der Waals surface area contributed by atoms with Crippen molar-refractivity contribution in [3.63, 3.8) is 0 Å². The van der Waals surface area contributed by atoms with E-state index in [1.54, 1.807) is 16.7 Å². The van der Waals surface area contributed by atoms with Crippen LogP contribution in [0.25, 0.3) is 0 Å². The number of rotatable bonds is 5. The summed E-state index contributed by atoms with van der Waals surface area (Å²) >= 11 is 1.48. The van der Waals surface area contributed by atoms with Gasteiger partial charge in [0.25, 0.3) is 5.56 Å². The molecule has 0 spiro atoms. The number of thioether (sulfide) groups is 1. The van der Waals surface area contributed by atoms with Crippen molar-refractivity contribution in [1.82, 2.24) is 9.55 Å². The standard InChI is InChI=1S/C15H17FN2OS/c1-3-7-18-14(17-11(2)8-15(18)19)10-20-13-6-4-5-12(16)9-13/h4-6,8-9H,3,7,10H2,1-2H3. The lowest BCUT2D eigenvalue weighted by atomic mass is 10.3. The molecule has 0 saturated heterocycles. The zero-order chi connectivity index (χ0) is 14.5. The molecular weight excluding hydrogens is 275 g/mol. The van der Waals surface area contributed by atoms with Crippen LogP contribution in [0.3, 0.4) is 0 Å². The zero-order valence-corrected chi connectivity index (χ0v) is 12.4. The van der Waals surface area contributed by atoms with Crippen LogP contribution in [0.2, 0.25) is 0 Å². The van der Waals surface area contributed by atoms with Crippen LogP contribution >= 0.6 is 11.8 Å². The number of aryl methyl sites for hydroxylation is 1. The molecule has 0 aliphatic carbocycles. The van der Waals surface area contributed by atoms with Crippen LogP contribution in [0.15, 0.2) is 40.0 Å². The third-order valence-corrected chi connectivity index (χ3v) is 3.82. The maximum atomic E-state index is 13.1. The molecule has 2 aromatic rings. The summed E-state index contributed by atoms with van der Waals surface area (Å²) in [5.41, 5.74) is 0.700. The Bertz CT molecular complexity index is 655. The number of hydrogen-bond donors (Lipinski definition) is 0. The number of benzene rings is 1. The molecule has 2 rings (SSSR count). The number of hydrogen-bond acceptors (Lipinski definition) is 3. The Morgan fingerprint density at radius 2 is 2.15 bits per heavy atom. The van der Waals surface area contributed by atoms with Crippen molar-refractivity contribution in [2.24, 2.45) is 0 Å². The van der Waals surface area contributed by atoms with Gasteiger partial charge in [0.2, 0.25) is 0 Å². The first kappa shape index (κ1) is 14.8. The van der Waals surface area contributed by atoms with Crippen molar-refractivity contribution in [3.8, 4) is 0 Å². The van der Waals surface area contributed by atoms with Gasteiger partial charge in [-0.2, -0.15) is 0 Å². The van der Waals surface area contributed by atoms with Gasteiger partial charge in [0.15, 0.2) is 0 Å². The minimum atomic E-state index is -0.252. The lowest BCUT2D eigenvalue weighted by Crippen LogP contribution is -2.24. The number of aromatic nitrogens is 2. The van der Waals surface area contributed by atoms with Crippen LogP contribution in [0.4, 0.5) is 4.39 Å². The van der Waals surface area contributed by atoms with Gasteiger partial charge < -0.3 is 0 Å². The summed E-state index contributed by atoms with van der Waals surface area (Å²) in [6.45, 7) is 4.50. The summed E-state index contributed by atoms with van der Waals surface area (Å²) in [4.78, 5) is 17.2. The van der Waals surface area contributed by atoms with Crippen LogP contribution in [0.5, 0.6) is 0 Å². The fraction of sp³-hybridized carbons (Fsp3) is 0.333. The monoisotopic (exact) mass is 292 g/mol. The second-order valence-corrected chi connectivity index (χ2v) is 5.60. The van der Waals surface area contributed by atoms with Gasteiger partial charge in [-0.15, -0.1) is 11.8 Å². The highest BCUT2D eigenvalue weighted by Crippen LogP contribution is 2.22. The second kappa shape index (κ2) is 6.70. The molecule has 0 unspecified atom stereocenters. The Morgan fingerprint density at radius 1 is 1.35 bits per heavy atom. The summed E-state index contributed by atoms with van der Waals surface area (Å²) in [6, 6.07) is 7.99. The SMILES string of the molecule is CCCn1c(CSc2cccc(F)c2)nc(C)cc1=O. The van der Waals surface area contributed by atoms with Gasteiger partial charge in [0.05, 0.1) is 5.75 Å². The van der Waals surface area contributed by atoms with Crippen LogP contribution < -0.4 is 5.56 Å². The van der Waals surface area contributed by atoms with Crippen molar-refractivity contribution in [3.05, 3.63) is 58.0 Å². The van der Waals surface area contributed by atoms with E-state index in [4.69, 9.17) is 0 Å². The van der Waals surface area contributed by atoms with Gasteiger partial charge in [-0.05, 0) is 31.5 Å². The molecule has 0 saturated carbocycles. The third-order valence-electron chi connectivity index (χ3n) is 2.83. The van der Waals surface area contributed by atoms with E-state index >= 15 is 0 Å². The molecule has 0 radical (unpaired) electrons. The average Bonchev–Trinajstić information content (AvgIpc) is 2.40. The molecule has 5 heteroatoms. The highest BCUT2D eigenvalue weighted by Gasteiger charge is 2.07. The summed E-state index contributed by atoms with van der Waals surface area (Å²) in [7, 11) is 0. The van der Waals surface area contributed by atoms with Crippen molar-refractivity contribution in [1.29, 1.82) is 0 Å². The molecule has 3 nitrogen and oxygen atoms in total. The summed E-state index contributed by atoms with van der Waals surface area (Å²) in [5.74, 6) is 1.05. The number of nitrogens with zero attached hydrogens (tertiary/aromatic N) is 2. The normalized spacial score (nSPS) is 10.8. The summed E-state index contributed by atoms with van der Waals surface area (Å²) in [5, 5.41) is 0. The topological polar surface area (TPSA) is 34.9 Å². The average molecular weight is 292 g/mol. The molecule has 1 aromatic carbocycles. The van der Waals surface area contributed by atoms with Crippen molar-refractivity contribution in [2.45, 2.75) is 37.5 Å². The van der Waals surface area contributed by atoms with E-state index in [1.807, 2.05) is 19.9 Å². The first-order chi connectivity index (χ1) is 9.60. The molecule has 106 valence electrons. The lowest BCUT2D eigenvalue weighted by Gasteiger charge is -2.11. The van der Waals surface area contributed by atoms with Crippen molar-refractivity contribution in [2.75, 3.05) is 0 Å². The van der Waals surface area contributed by atoms with Crippen molar-refractivity contribution >= 4 is 11.8 Å². The van der Waals surface area contributed by atoms with E-state index in [0.717, 1.165) is 22.8 Å². The van der Waals surface area contributed by atoms with Gasteiger partial charge >= 0.3 is 0 Å². The smallest absolute Gasteiger partial charge is 0.253 e.